The molecule has 0 aliphatic rings. The standard InChI is InChI=1S/C13H18F2N2O/c1-9(16)6-7-17-13(18)5-2-10-8-11(14)3-4-12(10)15/h3-4,8-9H,2,5-7,16H2,1H3,(H,17,18). The van der Waals surface area contributed by atoms with E-state index >= 15 is 0 Å². The number of benzene rings is 1. The Kier molecular flexibility index (Phi) is 5.71. The summed E-state index contributed by atoms with van der Waals surface area (Å²) in [6.07, 6.45) is 1.02. The molecule has 1 rings (SSSR count). The second-order valence-corrected chi connectivity index (χ2v) is 4.35. The van der Waals surface area contributed by atoms with Gasteiger partial charge < -0.3 is 11.1 Å². The second-order valence-electron chi connectivity index (χ2n) is 4.35. The van der Waals surface area contributed by atoms with Crippen LogP contribution in [0.4, 0.5) is 8.78 Å². The van der Waals surface area contributed by atoms with E-state index in [4.69, 9.17) is 5.73 Å². The van der Waals surface area contributed by atoms with Crippen LogP contribution in [0.15, 0.2) is 18.2 Å². The highest BCUT2D eigenvalue weighted by Gasteiger charge is 2.07. The summed E-state index contributed by atoms with van der Waals surface area (Å²) in [5, 5.41) is 2.68. The molecule has 0 radical (unpaired) electrons. The van der Waals surface area contributed by atoms with E-state index in [1.54, 1.807) is 0 Å². The van der Waals surface area contributed by atoms with E-state index in [1.807, 2.05) is 6.92 Å². The molecule has 0 aliphatic carbocycles. The number of hydrogen-bond acceptors (Lipinski definition) is 2. The molecule has 0 bridgehead atoms. The fraction of sp³-hybridized carbons (Fsp3) is 0.462. The average molecular weight is 256 g/mol. The number of rotatable bonds is 6. The van der Waals surface area contributed by atoms with Gasteiger partial charge in [0.25, 0.3) is 0 Å². The molecule has 0 fully saturated rings. The predicted octanol–water partition coefficient (Wildman–Crippen LogP) is 1.75. The molecule has 3 N–H and O–H groups in total. The van der Waals surface area contributed by atoms with Crippen LogP contribution in [-0.2, 0) is 11.2 Å². The Labute approximate surface area is 105 Å². The van der Waals surface area contributed by atoms with Gasteiger partial charge in [-0.3, -0.25) is 4.79 Å². The Morgan fingerprint density at radius 3 is 2.83 bits per heavy atom. The van der Waals surface area contributed by atoms with E-state index in [0.29, 0.717) is 13.0 Å². The van der Waals surface area contributed by atoms with Crippen molar-refractivity contribution in [3.05, 3.63) is 35.4 Å². The van der Waals surface area contributed by atoms with Crippen molar-refractivity contribution in [2.75, 3.05) is 6.54 Å². The van der Waals surface area contributed by atoms with Gasteiger partial charge in [-0.2, -0.15) is 0 Å². The summed E-state index contributed by atoms with van der Waals surface area (Å²) in [4.78, 5) is 11.4. The van der Waals surface area contributed by atoms with E-state index in [1.165, 1.54) is 0 Å². The number of hydrogen-bond donors (Lipinski definition) is 2. The first-order valence-electron chi connectivity index (χ1n) is 5.95. The van der Waals surface area contributed by atoms with Gasteiger partial charge in [-0.15, -0.1) is 0 Å². The molecule has 1 atom stereocenters. The van der Waals surface area contributed by atoms with E-state index in [2.05, 4.69) is 5.32 Å². The monoisotopic (exact) mass is 256 g/mol. The van der Waals surface area contributed by atoms with Gasteiger partial charge in [0.1, 0.15) is 11.6 Å². The normalized spacial score (nSPS) is 12.2. The Morgan fingerprint density at radius 2 is 2.17 bits per heavy atom. The maximum atomic E-state index is 13.3. The zero-order valence-corrected chi connectivity index (χ0v) is 10.4. The van der Waals surface area contributed by atoms with Gasteiger partial charge in [-0.1, -0.05) is 0 Å². The zero-order chi connectivity index (χ0) is 13.5. The number of nitrogens with one attached hydrogen (secondary N) is 1. The van der Waals surface area contributed by atoms with Crippen molar-refractivity contribution in [3.8, 4) is 0 Å². The molecular formula is C13H18F2N2O. The summed E-state index contributed by atoms with van der Waals surface area (Å²) in [5.41, 5.74) is 5.76. The summed E-state index contributed by atoms with van der Waals surface area (Å²) in [6, 6.07) is 3.27. The topological polar surface area (TPSA) is 55.1 Å². The lowest BCUT2D eigenvalue weighted by molar-refractivity contribution is -0.121. The first-order valence-corrected chi connectivity index (χ1v) is 5.95. The summed E-state index contributed by atoms with van der Waals surface area (Å²) in [5.74, 6) is -1.16. The molecule has 0 aromatic heterocycles. The van der Waals surface area contributed by atoms with Crippen LogP contribution in [0, 0.1) is 11.6 Å². The first kappa shape index (κ1) is 14.6. The highest BCUT2D eigenvalue weighted by molar-refractivity contribution is 5.76. The van der Waals surface area contributed by atoms with Gasteiger partial charge in [-0.25, -0.2) is 8.78 Å². The van der Waals surface area contributed by atoms with Crippen molar-refractivity contribution in [2.45, 2.75) is 32.2 Å². The van der Waals surface area contributed by atoms with Crippen molar-refractivity contribution in [3.63, 3.8) is 0 Å². The number of carbonyl (C=O) groups is 1. The van der Waals surface area contributed by atoms with Gasteiger partial charge in [0.2, 0.25) is 5.91 Å². The number of amides is 1. The molecule has 100 valence electrons. The van der Waals surface area contributed by atoms with Crippen LogP contribution in [0.1, 0.15) is 25.3 Å². The molecule has 1 aromatic rings. The first-order chi connectivity index (χ1) is 8.49. The summed E-state index contributed by atoms with van der Waals surface area (Å²) in [6.45, 7) is 2.36. The molecule has 1 unspecified atom stereocenters. The second kappa shape index (κ2) is 7.06. The average Bonchev–Trinajstić information content (AvgIpc) is 2.30. The van der Waals surface area contributed by atoms with Crippen LogP contribution in [0.3, 0.4) is 0 Å². The molecular weight excluding hydrogens is 238 g/mol. The highest BCUT2D eigenvalue weighted by Crippen LogP contribution is 2.11. The van der Waals surface area contributed by atoms with Crippen LogP contribution in [0.2, 0.25) is 0 Å². The molecule has 0 saturated heterocycles. The molecule has 0 spiro atoms. The van der Waals surface area contributed by atoms with Gasteiger partial charge >= 0.3 is 0 Å². The molecule has 1 amide bonds. The van der Waals surface area contributed by atoms with Crippen LogP contribution in [-0.4, -0.2) is 18.5 Å². The van der Waals surface area contributed by atoms with E-state index in [-0.39, 0.29) is 30.4 Å². The number of nitrogens with two attached hydrogens (primary N) is 1. The van der Waals surface area contributed by atoms with Gasteiger partial charge in [0.15, 0.2) is 0 Å². The number of halogens is 2. The van der Waals surface area contributed by atoms with Gasteiger partial charge in [0.05, 0.1) is 0 Å². The fourth-order valence-electron chi connectivity index (χ4n) is 1.51. The number of aryl methyl sites for hydroxylation is 1. The maximum Gasteiger partial charge on any atom is 0.220 e. The molecule has 0 aliphatic heterocycles. The quantitative estimate of drug-likeness (QED) is 0.814. The highest BCUT2D eigenvalue weighted by atomic mass is 19.1. The van der Waals surface area contributed by atoms with E-state index < -0.39 is 11.6 Å². The zero-order valence-electron chi connectivity index (χ0n) is 10.4. The predicted molar refractivity (Wildman–Crippen MR) is 66.0 cm³/mol. The van der Waals surface area contributed by atoms with Crippen LogP contribution >= 0.6 is 0 Å². The molecule has 5 heteroatoms. The minimum atomic E-state index is -0.497. The van der Waals surface area contributed by atoms with Crippen molar-refractivity contribution >= 4 is 5.91 Å². The largest absolute Gasteiger partial charge is 0.356 e. The Morgan fingerprint density at radius 1 is 1.44 bits per heavy atom. The van der Waals surface area contributed by atoms with E-state index in [0.717, 1.165) is 18.2 Å². The minimum Gasteiger partial charge on any atom is -0.356 e. The summed E-state index contributed by atoms with van der Waals surface area (Å²) in [7, 11) is 0. The van der Waals surface area contributed by atoms with Crippen LogP contribution < -0.4 is 11.1 Å². The van der Waals surface area contributed by atoms with Crippen molar-refractivity contribution < 1.29 is 13.6 Å². The lowest BCUT2D eigenvalue weighted by atomic mass is 10.1. The van der Waals surface area contributed by atoms with Crippen molar-refractivity contribution in [1.82, 2.24) is 5.32 Å². The molecule has 0 saturated carbocycles. The molecule has 0 heterocycles. The maximum absolute atomic E-state index is 13.3. The summed E-state index contributed by atoms with van der Waals surface area (Å²) >= 11 is 0. The lowest BCUT2D eigenvalue weighted by Gasteiger charge is -2.07. The third-order valence-corrected chi connectivity index (χ3v) is 2.55. The third kappa shape index (κ3) is 5.23. The molecule has 3 nitrogen and oxygen atoms in total. The van der Waals surface area contributed by atoms with Crippen LogP contribution in [0.5, 0.6) is 0 Å². The summed E-state index contributed by atoms with van der Waals surface area (Å²) < 4.78 is 26.1. The fourth-order valence-corrected chi connectivity index (χ4v) is 1.51. The lowest BCUT2D eigenvalue weighted by Crippen LogP contribution is -2.29. The SMILES string of the molecule is CC(N)CCNC(=O)CCc1cc(F)ccc1F. The van der Waals surface area contributed by atoms with Crippen molar-refractivity contribution in [1.29, 1.82) is 0 Å². The minimum absolute atomic E-state index is 0.0333. The Balaban J connectivity index is 2.36. The Hall–Kier alpha value is -1.49. The number of carbonyl (C=O) groups excluding carboxylic acids is 1. The molecule has 18 heavy (non-hydrogen) atoms. The van der Waals surface area contributed by atoms with E-state index in [9.17, 15) is 13.6 Å². The van der Waals surface area contributed by atoms with Gasteiger partial charge in [-0.05, 0) is 43.5 Å². The van der Waals surface area contributed by atoms with Gasteiger partial charge in [0, 0.05) is 19.0 Å². The van der Waals surface area contributed by atoms with Crippen molar-refractivity contribution in [2.24, 2.45) is 5.73 Å². The van der Waals surface area contributed by atoms with Crippen LogP contribution in [0.25, 0.3) is 0 Å². The Bertz CT molecular complexity index is 408. The third-order valence-electron chi connectivity index (χ3n) is 2.55. The smallest absolute Gasteiger partial charge is 0.220 e. The molecule has 1 aromatic carbocycles.